The standard InChI is InChI=1S/C21H42N4O2.HI/c1-5-22-21(23-16-18(4)24(6-2)7-3)25-13-11-19(12-14-25)27-17-20-10-8-9-15-26-20;/h18-20H,5-17H2,1-4H3,(H,22,23);1H. The summed E-state index contributed by atoms with van der Waals surface area (Å²) in [6.07, 6.45) is 6.46. The molecule has 0 amide bonds. The first-order valence-corrected chi connectivity index (χ1v) is 11.2. The number of piperidine rings is 1. The summed E-state index contributed by atoms with van der Waals surface area (Å²) in [5, 5.41) is 3.48. The number of guanidine groups is 1. The first-order chi connectivity index (χ1) is 13.2. The third kappa shape index (κ3) is 8.71. The number of ether oxygens (including phenoxy) is 2. The number of likely N-dealkylation sites (N-methyl/N-ethyl adjacent to an activating group) is 1. The molecule has 0 aromatic heterocycles. The lowest BCUT2D eigenvalue weighted by atomic mass is 10.1. The lowest BCUT2D eigenvalue weighted by Gasteiger charge is -2.35. The molecule has 2 atom stereocenters. The molecule has 0 aliphatic carbocycles. The molecule has 28 heavy (non-hydrogen) atoms. The lowest BCUT2D eigenvalue weighted by molar-refractivity contribution is -0.0721. The number of likely N-dealkylation sites (tertiary alicyclic amines) is 1. The zero-order valence-corrected chi connectivity index (χ0v) is 20.8. The van der Waals surface area contributed by atoms with Gasteiger partial charge in [-0.1, -0.05) is 13.8 Å². The summed E-state index contributed by atoms with van der Waals surface area (Å²) >= 11 is 0. The molecule has 2 saturated heterocycles. The van der Waals surface area contributed by atoms with Gasteiger partial charge in [-0.15, -0.1) is 24.0 Å². The van der Waals surface area contributed by atoms with E-state index in [-0.39, 0.29) is 24.0 Å². The average molecular weight is 511 g/mol. The fraction of sp³-hybridized carbons (Fsp3) is 0.952. The molecule has 2 fully saturated rings. The van der Waals surface area contributed by atoms with Crippen molar-refractivity contribution in [1.82, 2.24) is 15.1 Å². The van der Waals surface area contributed by atoms with E-state index in [0.717, 1.165) is 77.7 Å². The SMILES string of the molecule is CCNC(=NCC(C)N(CC)CC)N1CCC(OCC2CCCCO2)CC1.I. The van der Waals surface area contributed by atoms with Crippen molar-refractivity contribution < 1.29 is 9.47 Å². The van der Waals surface area contributed by atoms with E-state index in [2.05, 4.69) is 42.8 Å². The number of rotatable bonds is 9. The second-order valence-corrected chi connectivity index (χ2v) is 7.77. The maximum atomic E-state index is 6.15. The van der Waals surface area contributed by atoms with Gasteiger partial charge in [0.2, 0.25) is 0 Å². The Morgan fingerprint density at radius 3 is 2.46 bits per heavy atom. The van der Waals surface area contributed by atoms with Gasteiger partial charge >= 0.3 is 0 Å². The van der Waals surface area contributed by atoms with Crippen LogP contribution in [-0.2, 0) is 9.47 Å². The maximum absolute atomic E-state index is 6.15. The van der Waals surface area contributed by atoms with Gasteiger partial charge in [0.25, 0.3) is 0 Å². The molecule has 2 unspecified atom stereocenters. The first-order valence-electron chi connectivity index (χ1n) is 11.2. The van der Waals surface area contributed by atoms with Crippen molar-refractivity contribution in [1.29, 1.82) is 0 Å². The van der Waals surface area contributed by atoms with Gasteiger partial charge in [-0.2, -0.15) is 0 Å². The van der Waals surface area contributed by atoms with Crippen molar-refractivity contribution in [3.05, 3.63) is 0 Å². The molecule has 166 valence electrons. The molecule has 7 heteroatoms. The van der Waals surface area contributed by atoms with Gasteiger partial charge < -0.3 is 19.7 Å². The lowest BCUT2D eigenvalue weighted by Crippen LogP contribution is -2.48. The number of nitrogens with one attached hydrogen (secondary N) is 1. The van der Waals surface area contributed by atoms with Gasteiger partial charge in [-0.25, -0.2) is 0 Å². The van der Waals surface area contributed by atoms with Crippen molar-refractivity contribution in [2.45, 2.75) is 78.0 Å². The van der Waals surface area contributed by atoms with E-state index < -0.39 is 0 Å². The summed E-state index contributed by atoms with van der Waals surface area (Å²) in [7, 11) is 0. The summed E-state index contributed by atoms with van der Waals surface area (Å²) in [4.78, 5) is 9.78. The number of nitrogens with zero attached hydrogens (tertiary/aromatic N) is 3. The number of hydrogen-bond acceptors (Lipinski definition) is 4. The molecule has 0 aromatic carbocycles. The predicted octanol–water partition coefficient (Wildman–Crippen LogP) is 3.35. The first kappa shape index (κ1) is 25.9. The Labute approximate surface area is 189 Å². The topological polar surface area (TPSA) is 49.3 Å². The Kier molecular flexibility index (Phi) is 13.7. The monoisotopic (exact) mass is 510 g/mol. The molecule has 0 saturated carbocycles. The van der Waals surface area contributed by atoms with E-state index in [4.69, 9.17) is 14.5 Å². The Balaban J connectivity index is 0.00000392. The fourth-order valence-corrected chi connectivity index (χ4v) is 4.02. The Bertz CT molecular complexity index is 421. The molecule has 0 bridgehead atoms. The van der Waals surface area contributed by atoms with Gasteiger partial charge in [0, 0.05) is 32.3 Å². The van der Waals surface area contributed by atoms with E-state index >= 15 is 0 Å². The van der Waals surface area contributed by atoms with Crippen LogP contribution in [0.15, 0.2) is 4.99 Å². The van der Waals surface area contributed by atoms with Crippen LogP contribution in [0.1, 0.15) is 59.8 Å². The van der Waals surface area contributed by atoms with Crippen LogP contribution < -0.4 is 5.32 Å². The van der Waals surface area contributed by atoms with Gasteiger partial charge in [-0.3, -0.25) is 9.89 Å². The summed E-state index contributed by atoms with van der Waals surface area (Å²) < 4.78 is 11.9. The molecule has 1 N–H and O–H groups in total. The molecular formula is C21H43IN4O2. The van der Waals surface area contributed by atoms with E-state index in [1.54, 1.807) is 0 Å². The smallest absolute Gasteiger partial charge is 0.193 e. The quantitative estimate of drug-likeness (QED) is 0.293. The van der Waals surface area contributed by atoms with Crippen molar-refractivity contribution in [3.63, 3.8) is 0 Å². The van der Waals surface area contributed by atoms with Crippen LogP contribution >= 0.6 is 24.0 Å². The minimum absolute atomic E-state index is 0. The highest BCUT2D eigenvalue weighted by Crippen LogP contribution is 2.18. The molecule has 2 heterocycles. The summed E-state index contributed by atoms with van der Waals surface area (Å²) in [6.45, 7) is 16.5. The van der Waals surface area contributed by atoms with Crippen molar-refractivity contribution in [2.75, 3.05) is 52.5 Å². The normalized spacial score (nSPS) is 22.8. The third-order valence-corrected chi connectivity index (χ3v) is 5.81. The highest BCUT2D eigenvalue weighted by molar-refractivity contribution is 14.0. The molecule has 2 rings (SSSR count). The maximum Gasteiger partial charge on any atom is 0.193 e. The van der Waals surface area contributed by atoms with E-state index in [1.165, 1.54) is 12.8 Å². The zero-order chi connectivity index (χ0) is 19.5. The largest absolute Gasteiger partial charge is 0.376 e. The molecule has 2 aliphatic heterocycles. The van der Waals surface area contributed by atoms with Crippen molar-refractivity contribution >= 4 is 29.9 Å². The molecule has 2 aliphatic rings. The van der Waals surface area contributed by atoms with Crippen LogP contribution in [0, 0.1) is 0 Å². The van der Waals surface area contributed by atoms with Crippen LogP contribution in [0.25, 0.3) is 0 Å². The van der Waals surface area contributed by atoms with Crippen LogP contribution in [0.2, 0.25) is 0 Å². The second-order valence-electron chi connectivity index (χ2n) is 7.77. The van der Waals surface area contributed by atoms with Gasteiger partial charge in [0.15, 0.2) is 5.96 Å². The van der Waals surface area contributed by atoms with Crippen molar-refractivity contribution in [3.8, 4) is 0 Å². The van der Waals surface area contributed by atoms with E-state index in [9.17, 15) is 0 Å². The van der Waals surface area contributed by atoms with Gasteiger partial charge in [-0.05, 0) is 59.0 Å². The zero-order valence-electron chi connectivity index (χ0n) is 18.5. The summed E-state index contributed by atoms with van der Waals surface area (Å²) in [6, 6.07) is 0.477. The number of hydrogen-bond donors (Lipinski definition) is 1. The minimum atomic E-state index is 0. The predicted molar refractivity (Wildman–Crippen MR) is 128 cm³/mol. The summed E-state index contributed by atoms with van der Waals surface area (Å²) in [5.74, 6) is 1.06. The number of aliphatic imine (C=N–C) groups is 1. The van der Waals surface area contributed by atoms with E-state index in [1.807, 2.05) is 0 Å². The third-order valence-electron chi connectivity index (χ3n) is 5.81. The van der Waals surface area contributed by atoms with Crippen LogP contribution in [0.3, 0.4) is 0 Å². The van der Waals surface area contributed by atoms with Crippen LogP contribution in [0.4, 0.5) is 0 Å². The fourth-order valence-electron chi connectivity index (χ4n) is 4.02. The Hall–Kier alpha value is -0.120. The van der Waals surface area contributed by atoms with Gasteiger partial charge in [0.05, 0.1) is 25.4 Å². The highest BCUT2D eigenvalue weighted by atomic mass is 127. The van der Waals surface area contributed by atoms with Gasteiger partial charge in [0.1, 0.15) is 0 Å². The van der Waals surface area contributed by atoms with Crippen molar-refractivity contribution in [2.24, 2.45) is 4.99 Å². The number of halogens is 1. The molecule has 6 nitrogen and oxygen atoms in total. The average Bonchev–Trinajstić information content (AvgIpc) is 2.71. The Morgan fingerprint density at radius 1 is 1.18 bits per heavy atom. The van der Waals surface area contributed by atoms with Crippen LogP contribution in [0.5, 0.6) is 0 Å². The Morgan fingerprint density at radius 2 is 1.89 bits per heavy atom. The van der Waals surface area contributed by atoms with E-state index in [0.29, 0.717) is 18.2 Å². The summed E-state index contributed by atoms with van der Waals surface area (Å²) in [5.41, 5.74) is 0. The molecule has 0 spiro atoms. The molecule has 0 aromatic rings. The molecular weight excluding hydrogens is 467 g/mol. The van der Waals surface area contributed by atoms with Crippen LogP contribution in [-0.4, -0.2) is 86.5 Å². The molecule has 0 radical (unpaired) electrons. The second kappa shape index (κ2) is 14.8. The minimum Gasteiger partial charge on any atom is -0.376 e. The highest BCUT2D eigenvalue weighted by Gasteiger charge is 2.24.